The number of pyridine rings is 1. The molecule has 5 nitrogen and oxygen atoms in total. The highest BCUT2D eigenvalue weighted by Gasteiger charge is 2.27. The van der Waals surface area contributed by atoms with E-state index in [-0.39, 0.29) is 0 Å². The summed E-state index contributed by atoms with van der Waals surface area (Å²) in [5, 5.41) is 3.48. The number of hydrogen-bond donors (Lipinski definition) is 1. The van der Waals surface area contributed by atoms with Gasteiger partial charge in [0.25, 0.3) is 5.82 Å². The van der Waals surface area contributed by atoms with Crippen molar-refractivity contribution in [2.75, 3.05) is 18.4 Å². The molecule has 1 aliphatic heterocycles. The standard InChI is InChI=1S/C16H25N3O2S/c20-22(21,19-11-5-2-6-12-19)15-9-10-16(17-13-15)18-14-7-3-1-4-8-14/h9-10,13-14H,1-8,11-12H2,(H,17,18)/p+1. The Morgan fingerprint density at radius 2 is 1.68 bits per heavy atom. The van der Waals surface area contributed by atoms with Crippen LogP contribution >= 0.6 is 0 Å². The molecule has 0 aromatic carbocycles. The Hall–Kier alpha value is -1.14. The van der Waals surface area contributed by atoms with Crippen LogP contribution in [0.3, 0.4) is 0 Å². The summed E-state index contributed by atoms with van der Waals surface area (Å²) in [4.78, 5) is 3.48. The summed E-state index contributed by atoms with van der Waals surface area (Å²) >= 11 is 0. The second-order valence-corrected chi connectivity index (χ2v) is 8.32. The number of aromatic nitrogens is 1. The van der Waals surface area contributed by atoms with E-state index in [0.29, 0.717) is 24.0 Å². The zero-order valence-corrected chi connectivity index (χ0v) is 13.9. The third-order valence-electron chi connectivity index (χ3n) is 4.70. The Kier molecular flexibility index (Phi) is 4.98. The Morgan fingerprint density at radius 3 is 2.32 bits per heavy atom. The molecule has 1 aromatic rings. The van der Waals surface area contributed by atoms with Gasteiger partial charge in [-0.3, -0.25) is 5.32 Å². The molecule has 1 aromatic heterocycles. The first-order valence-corrected chi connectivity index (χ1v) is 9.89. The molecule has 0 unspecified atom stereocenters. The van der Waals surface area contributed by atoms with Gasteiger partial charge in [-0.1, -0.05) is 12.8 Å². The number of hydrogen-bond acceptors (Lipinski definition) is 3. The summed E-state index contributed by atoms with van der Waals surface area (Å²) < 4.78 is 26.8. The number of anilines is 1. The Labute approximate surface area is 133 Å². The predicted octanol–water partition coefficient (Wildman–Crippen LogP) is 2.42. The van der Waals surface area contributed by atoms with Crippen LogP contribution in [0.5, 0.6) is 0 Å². The van der Waals surface area contributed by atoms with Crippen LogP contribution in [-0.4, -0.2) is 31.9 Å². The normalized spacial score (nSPS) is 21.6. The van der Waals surface area contributed by atoms with Gasteiger partial charge in [-0.05, 0) is 44.6 Å². The van der Waals surface area contributed by atoms with Crippen LogP contribution in [0.1, 0.15) is 51.4 Å². The van der Waals surface area contributed by atoms with E-state index in [1.165, 1.54) is 32.1 Å². The van der Waals surface area contributed by atoms with Gasteiger partial charge in [0, 0.05) is 19.2 Å². The van der Waals surface area contributed by atoms with Crippen molar-refractivity contribution in [3.63, 3.8) is 0 Å². The molecule has 22 heavy (non-hydrogen) atoms. The van der Waals surface area contributed by atoms with Gasteiger partial charge in [0.2, 0.25) is 10.0 Å². The van der Waals surface area contributed by atoms with E-state index < -0.39 is 10.0 Å². The molecule has 122 valence electrons. The van der Waals surface area contributed by atoms with Crippen molar-refractivity contribution in [1.82, 2.24) is 4.31 Å². The van der Waals surface area contributed by atoms with E-state index in [4.69, 9.17) is 0 Å². The largest absolute Gasteiger partial charge is 0.272 e. The van der Waals surface area contributed by atoms with Crippen LogP contribution in [0.15, 0.2) is 23.2 Å². The van der Waals surface area contributed by atoms with Crippen molar-refractivity contribution >= 4 is 15.8 Å². The summed E-state index contributed by atoms with van der Waals surface area (Å²) in [5.74, 6) is 0.907. The molecule has 0 bridgehead atoms. The number of nitrogens with zero attached hydrogens (tertiary/aromatic N) is 1. The molecular formula is C16H26N3O2S+. The molecule has 6 heteroatoms. The Balaban J connectivity index is 1.67. The molecule has 1 aliphatic carbocycles. The van der Waals surface area contributed by atoms with Gasteiger partial charge in [-0.2, -0.15) is 4.31 Å². The molecule has 2 aliphatic rings. The smallest absolute Gasteiger partial charge is 0.272 e. The molecule has 0 spiro atoms. The maximum atomic E-state index is 12.6. The maximum Gasteiger partial charge on any atom is 0.272 e. The van der Waals surface area contributed by atoms with Crippen molar-refractivity contribution in [2.45, 2.75) is 62.3 Å². The molecule has 0 amide bonds. The second-order valence-electron chi connectivity index (χ2n) is 6.38. The fraction of sp³-hybridized carbons (Fsp3) is 0.688. The first kappa shape index (κ1) is 15.7. The third-order valence-corrected chi connectivity index (χ3v) is 6.60. The molecule has 1 saturated heterocycles. The number of piperidine rings is 1. The Morgan fingerprint density at radius 1 is 1.00 bits per heavy atom. The average Bonchev–Trinajstić information content (AvgIpc) is 2.57. The number of H-pyrrole nitrogens is 1. The minimum Gasteiger partial charge on any atom is -0.272 e. The number of nitrogens with one attached hydrogen (secondary N) is 2. The van der Waals surface area contributed by atoms with Gasteiger partial charge in [0.15, 0.2) is 0 Å². The number of aromatic amines is 1. The minimum atomic E-state index is -3.34. The van der Waals surface area contributed by atoms with E-state index in [1.807, 2.05) is 6.07 Å². The third kappa shape index (κ3) is 3.60. The zero-order valence-electron chi connectivity index (χ0n) is 13.1. The monoisotopic (exact) mass is 324 g/mol. The van der Waals surface area contributed by atoms with E-state index in [9.17, 15) is 8.42 Å². The predicted molar refractivity (Wildman–Crippen MR) is 86.1 cm³/mol. The van der Waals surface area contributed by atoms with E-state index in [2.05, 4.69) is 10.3 Å². The van der Waals surface area contributed by atoms with Crippen LogP contribution in [0.4, 0.5) is 5.82 Å². The quantitative estimate of drug-likeness (QED) is 0.925. The first-order valence-electron chi connectivity index (χ1n) is 8.45. The highest BCUT2D eigenvalue weighted by atomic mass is 32.2. The van der Waals surface area contributed by atoms with Gasteiger partial charge in [0.1, 0.15) is 11.1 Å². The fourth-order valence-electron chi connectivity index (χ4n) is 3.38. The van der Waals surface area contributed by atoms with Crippen LogP contribution < -0.4 is 10.3 Å². The van der Waals surface area contributed by atoms with Gasteiger partial charge in [-0.15, -0.1) is 0 Å². The lowest BCUT2D eigenvalue weighted by molar-refractivity contribution is -0.364. The van der Waals surface area contributed by atoms with Crippen LogP contribution in [-0.2, 0) is 10.0 Å². The van der Waals surface area contributed by atoms with E-state index >= 15 is 0 Å². The van der Waals surface area contributed by atoms with Crippen molar-refractivity contribution in [1.29, 1.82) is 0 Å². The summed E-state index contributed by atoms with van der Waals surface area (Å²) in [6.07, 6.45) is 10.9. The van der Waals surface area contributed by atoms with E-state index in [0.717, 1.165) is 25.1 Å². The van der Waals surface area contributed by atoms with Crippen molar-refractivity contribution < 1.29 is 13.4 Å². The molecule has 0 atom stereocenters. The zero-order chi connectivity index (χ0) is 15.4. The lowest BCUT2D eigenvalue weighted by Gasteiger charge is -2.25. The molecule has 2 fully saturated rings. The van der Waals surface area contributed by atoms with Gasteiger partial charge in [-0.25, -0.2) is 13.4 Å². The maximum absolute atomic E-state index is 12.6. The number of rotatable bonds is 4. The molecule has 2 N–H and O–H groups in total. The van der Waals surface area contributed by atoms with Crippen molar-refractivity contribution in [2.24, 2.45) is 0 Å². The number of sulfonamides is 1. The lowest BCUT2D eigenvalue weighted by atomic mass is 9.95. The van der Waals surface area contributed by atoms with Crippen molar-refractivity contribution in [3.05, 3.63) is 18.3 Å². The average molecular weight is 324 g/mol. The van der Waals surface area contributed by atoms with E-state index in [1.54, 1.807) is 16.6 Å². The van der Waals surface area contributed by atoms with Crippen LogP contribution in [0, 0.1) is 0 Å². The minimum absolute atomic E-state index is 0.364. The fourth-order valence-corrected chi connectivity index (χ4v) is 4.87. The van der Waals surface area contributed by atoms with Crippen LogP contribution in [0.25, 0.3) is 0 Å². The van der Waals surface area contributed by atoms with Crippen LogP contribution in [0.2, 0.25) is 0 Å². The molecule has 3 rings (SSSR count). The molecular weight excluding hydrogens is 298 g/mol. The summed E-state index contributed by atoms with van der Waals surface area (Å²) in [6.45, 7) is 1.29. The molecule has 2 heterocycles. The Bertz CT molecular complexity index is 574. The highest BCUT2D eigenvalue weighted by molar-refractivity contribution is 7.89. The highest BCUT2D eigenvalue weighted by Crippen LogP contribution is 2.22. The summed E-state index contributed by atoms with van der Waals surface area (Å²) in [5.41, 5.74) is 0. The molecule has 1 saturated carbocycles. The van der Waals surface area contributed by atoms with Crippen molar-refractivity contribution in [3.8, 4) is 0 Å². The van der Waals surface area contributed by atoms with Gasteiger partial charge < -0.3 is 0 Å². The summed E-state index contributed by atoms with van der Waals surface area (Å²) in [6, 6.07) is 4.08. The van der Waals surface area contributed by atoms with Gasteiger partial charge >= 0.3 is 0 Å². The van der Waals surface area contributed by atoms with Gasteiger partial charge in [0.05, 0.1) is 6.04 Å². The first-order chi connectivity index (χ1) is 10.7. The topological polar surface area (TPSA) is 63.6 Å². The lowest BCUT2D eigenvalue weighted by Crippen LogP contribution is -2.36. The molecule has 0 radical (unpaired) electrons. The SMILES string of the molecule is O=S(=O)(c1ccc(NC2CCCCC2)[nH+]c1)N1CCCCC1. The second kappa shape index (κ2) is 6.96. The summed E-state index contributed by atoms with van der Waals surface area (Å²) in [7, 11) is -3.34.